The molecule has 0 aliphatic rings. The maximum absolute atomic E-state index is 12.3. The number of carbonyl (C=O) groups excluding carboxylic acids is 1. The highest BCUT2D eigenvalue weighted by Gasteiger charge is 2.30. The summed E-state index contributed by atoms with van der Waals surface area (Å²) in [7, 11) is 1.49. The van der Waals surface area contributed by atoms with Crippen molar-refractivity contribution in [3.63, 3.8) is 0 Å². The van der Waals surface area contributed by atoms with Crippen LogP contribution in [-0.2, 0) is 6.18 Å². The van der Waals surface area contributed by atoms with Gasteiger partial charge in [-0.2, -0.15) is 13.2 Å². The second-order valence-corrected chi connectivity index (χ2v) is 4.02. The van der Waals surface area contributed by atoms with Crippen molar-refractivity contribution in [2.45, 2.75) is 19.1 Å². The molecular weight excluding hydrogens is 247 g/mol. The van der Waals surface area contributed by atoms with Crippen molar-refractivity contribution in [2.75, 3.05) is 13.7 Å². The molecular formula is C12H14F3NO2. The first-order valence-corrected chi connectivity index (χ1v) is 5.32. The van der Waals surface area contributed by atoms with Crippen LogP contribution in [0.25, 0.3) is 0 Å². The third-order valence-electron chi connectivity index (χ3n) is 2.70. The van der Waals surface area contributed by atoms with Crippen LogP contribution in [0.15, 0.2) is 24.3 Å². The van der Waals surface area contributed by atoms with E-state index in [9.17, 15) is 18.0 Å². The Hall–Kier alpha value is -1.56. The van der Waals surface area contributed by atoms with Gasteiger partial charge in [-0.3, -0.25) is 4.79 Å². The number of aliphatic hydroxyl groups is 1. The number of likely N-dealkylation sites (N-methyl/N-ethyl adjacent to an activating group) is 1. The summed E-state index contributed by atoms with van der Waals surface area (Å²) >= 11 is 0. The maximum Gasteiger partial charge on any atom is 0.416 e. The lowest BCUT2D eigenvalue weighted by Gasteiger charge is -2.23. The first-order chi connectivity index (χ1) is 8.27. The first-order valence-electron chi connectivity index (χ1n) is 5.32. The molecule has 0 heterocycles. The van der Waals surface area contributed by atoms with Crippen molar-refractivity contribution >= 4 is 5.91 Å². The Morgan fingerprint density at radius 1 is 1.33 bits per heavy atom. The molecule has 18 heavy (non-hydrogen) atoms. The van der Waals surface area contributed by atoms with Crippen LogP contribution in [-0.4, -0.2) is 35.6 Å². The number of hydrogen-bond donors (Lipinski definition) is 1. The summed E-state index contributed by atoms with van der Waals surface area (Å²) in [6.45, 7) is 1.44. The average molecular weight is 261 g/mol. The van der Waals surface area contributed by atoms with E-state index >= 15 is 0 Å². The molecule has 0 spiro atoms. The van der Waals surface area contributed by atoms with Crippen molar-refractivity contribution in [1.29, 1.82) is 0 Å². The number of amides is 1. The minimum atomic E-state index is -4.41. The molecule has 1 unspecified atom stereocenters. The van der Waals surface area contributed by atoms with Crippen LogP contribution in [0.2, 0.25) is 0 Å². The Bertz CT molecular complexity index is 414. The van der Waals surface area contributed by atoms with E-state index in [1.165, 1.54) is 11.9 Å². The minimum Gasteiger partial charge on any atom is -0.394 e. The monoisotopic (exact) mass is 261 g/mol. The zero-order valence-electron chi connectivity index (χ0n) is 10.0. The normalized spacial score (nSPS) is 13.2. The molecule has 0 aliphatic heterocycles. The standard InChI is InChI=1S/C12H14F3NO2/c1-8(7-17)16(2)11(18)9-3-5-10(6-4-9)12(13,14)15/h3-6,8,17H,7H2,1-2H3. The molecule has 0 fully saturated rings. The van der Waals surface area contributed by atoms with Crippen LogP contribution in [0.5, 0.6) is 0 Å². The fourth-order valence-electron chi connectivity index (χ4n) is 1.33. The summed E-state index contributed by atoms with van der Waals surface area (Å²) in [6, 6.07) is 3.60. The van der Waals surface area contributed by atoms with Gasteiger partial charge in [-0.05, 0) is 31.2 Å². The summed E-state index contributed by atoms with van der Waals surface area (Å²) in [5, 5.41) is 8.91. The van der Waals surface area contributed by atoms with E-state index in [2.05, 4.69) is 0 Å². The fourth-order valence-corrected chi connectivity index (χ4v) is 1.33. The summed E-state index contributed by atoms with van der Waals surface area (Å²) in [5.41, 5.74) is -0.636. The molecule has 0 bridgehead atoms. The van der Waals surface area contributed by atoms with E-state index in [1.807, 2.05) is 0 Å². The highest BCUT2D eigenvalue weighted by molar-refractivity contribution is 5.94. The first kappa shape index (κ1) is 14.5. The Morgan fingerprint density at radius 2 is 1.83 bits per heavy atom. The predicted molar refractivity (Wildman–Crippen MR) is 60.1 cm³/mol. The van der Waals surface area contributed by atoms with Crippen LogP contribution in [0.3, 0.4) is 0 Å². The molecule has 1 rings (SSSR count). The molecule has 3 nitrogen and oxygen atoms in total. The molecule has 1 N–H and O–H groups in total. The number of hydrogen-bond acceptors (Lipinski definition) is 2. The van der Waals surface area contributed by atoms with Crippen molar-refractivity contribution in [3.05, 3.63) is 35.4 Å². The molecule has 0 aromatic heterocycles. The number of halogens is 3. The molecule has 0 saturated carbocycles. The van der Waals surface area contributed by atoms with Gasteiger partial charge in [0.1, 0.15) is 0 Å². The van der Waals surface area contributed by atoms with Crippen LogP contribution in [0, 0.1) is 0 Å². The van der Waals surface area contributed by atoms with Gasteiger partial charge in [-0.25, -0.2) is 0 Å². The van der Waals surface area contributed by atoms with Gasteiger partial charge in [0.05, 0.1) is 18.2 Å². The van der Waals surface area contributed by atoms with Gasteiger partial charge in [0.15, 0.2) is 0 Å². The third kappa shape index (κ3) is 3.22. The minimum absolute atomic E-state index is 0.158. The van der Waals surface area contributed by atoms with Gasteiger partial charge in [0, 0.05) is 12.6 Å². The van der Waals surface area contributed by atoms with Crippen LogP contribution < -0.4 is 0 Å². The number of benzene rings is 1. The Kier molecular flexibility index (Phi) is 4.34. The molecule has 100 valence electrons. The van der Waals surface area contributed by atoms with E-state index in [0.29, 0.717) is 0 Å². The van der Waals surface area contributed by atoms with E-state index in [-0.39, 0.29) is 18.2 Å². The zero-order chi connectivity index (χ0) is 13.9. The quantitative estimate of drug-likeness (QED) is 0.905. The largest absolute Gasteiger partial charge is 0.416 e. The van der Waals surface area contributed by atoms with Crippen molar-refractivity contribution < 1.29 is 23.1 Å². The molecule has 1 aromatic rings. The van der Waals surface area contributed by atoms with Crippen LogP contribution in [0.4, 0.5) is 13.2 Å². The fraction of sp³-hybridized carbons (Fsp3) is 0.417. The summed E-state index contributed by atoms with van der Waals surface area (Å²) in [6.07, 6.45) is -4.41. The average Bonchev–Trinajstić information content (AvgIpc) is 2.35. The molecule has 1 atom stereocenters. The number of alkyl halides is 3. The lowest BCUT2D eigenvalue weighted by Crippen LogP contribution is -2.37. The highest BCUT2D eigenvalue weighted by atomic mass is 19.4. The molecule has 0 radical (unpaired) electrons. The Balaban J connectivity index is 2.89. The van der Waals surface area contributed by atoms with E-state index < -0.39 is 17.6 Å². The number of aliphatic hydroxyl groups excluding tert-OH is 1. The number of nitrogens with zero attached hydrogens (tertiary/aromatic N) is 1. The second kappa shape index (κ2) is 5.39. The van der Waals surface area contributed by atoms with Crippen molar-refractivity contribution in [1.82, 2.24) is 4.90 Å². The number of carbonyl (C=O) groups is 1. The SMILES string of the molecule is CC(CO)N(C)C(=O)c1ccc(C(F)(F)F)cc1. The molecule has 0 saturated heterocycles. The van der Waals surface area contributed by atoms with Crippen molar-refractivity contribution in [3.8, 4) is 0 Å². The van der Waals surface area contributed by atoms with Gasteiger partial charge >= 0.3 is 6.18 Å². The van der Waals surface area contributed by atoms with Gasteiger partial charge < -0.3 is 10.0 Å². The highest BCUT2D eigenvalue weighted by Crippen LogP contribution is 2.29. The lowest BCUT2D eigenvalue weighted by atomic mass is 10.1. The van der Waals surface area contributed by atoms with Gasteiger partial charge in [0.25, 0.3) is 5.91 Å². The Morgan fingerprint density at radius 3 is 2.22 bits per heavy atom. The smallest absolute Gasteiger partial charge is 0.394 e. The van der Waals surface area contributed by atoms with Gasteiger partial charge in [-0.1, -0.05) is 0 Å². The summed E-state index contributed by atoms with van der Waals surface area (Å²) in [4.78, 5) is 13.1. The predicted octanol–water partition coefficient (Wildman–Crippen LogP) is 2.16. The topological polar surface area (TPSA) is 40.5 Å². The van der Waals surface area contributed by atoms with Crippen molar-refractivity contribution in [2.24, 2.45) is 0 Å². The number of rotatable bonds is 3. The van der Waals surface area contributed by atoms with E-state index in [0.717, 1.165) is 24.3 Å². The third-order valence-corrected chi connectivity index (χ3v) is 2.70. The molecule has 1 aromatic carbocycles. The maximum atomic E-state index is 12.3. The lowest BCUT2D eigenvalue weighted by molar-refractivity contribution is -0.137. The zero-order valence-corrected chi connectivity index (χ0v) is 10.0. The second-order valence-electron chi connectivity index (χ2n) is 4.02. The molecule has 6 heteroatoms. The van der Waals surface area contributed by atoms with Crippen LogP contribution in [0.1, 0.15) is 22.8 Å². The molecule has 1 amide bonds. The van der Waals surface area contributed by atoms with Crippen LogP contribution >= 0.6 is 0 Å². The van der Waals surface area contributed by atoms with Gasteiger partial charge in [0.2, 0.25) is 0 Å². The summed E-state index contributed by atoms with van der Waals surface area (Å²) < 4.78 is 37.0. The molecule has 0 aliphatic carbocycles. The van der Waals surface area contributed by atoms with Gasteiger partial charge in [-0.15, -0.1) is 0 Å². The van der Waals surface area contributed by atoms with E-state index in [1.54, 1.807) is 6.92 Å². The van der Waals surface area contributed by atoms with E-state index in [4.69, 9.17) is 5.11 Å². The Labute approximate surface area is 103 Å². The summed E-state index contributed by atoms with van der Waals surface area (Å²) in [5.74, 6) is -0.426.